The number of benzene rings is 1. The fourth-order valence-corrected chi connectivity index (χ4v) is 3.92. The molecule has 0 amide bonds. The van der Waals surface area contributed by atoms with Crippen molar-refractivity contribution in [1.82, 2.24) is 4.98 Å². The number of pyridine rings is 1. The van der Waals surface area contributed by atoms with Gasteiger partial charge in [-0.25, -0.2) is 8.42 Å². The summed E-state index contributed by atoms with van der Waals surface area (Å²) in [6, 6.07) is 5.45. The van der Waals surface area contributed by atoms with E-state index in [9.17, 15) is 18.5 Å². The van der Waals surface area contributed by atoms with Gasteiger partial charge in [0.25, 0.3) is 5.69 Å². The van der Waals surface area contributed by atoms with Gasteiger partial charge < -0.3 is 0 Å². The summed E-state index contributed by atoms with van der Waals surface area (Å²) in [5, 5.41) is 11.1. The molecule has 112 valence electrons. The summed E-state index contributed by atoms with van der Waals surface area (Å²) in [5.74, 6) is 0.138. The van der Waals surface area contributed by atoms with Gasteiger partial charge in [-0.15, -0.1) is 11.6 Å². The van der Waals surface area contributed by atoms with Crippen LogP contribution in [0.2, 0.25) is 0 Å². The molecule has 0 spiro atoms. The molecule has 0 N–H and O–H groups in total. The van der Waals surface area contributed by atoms with Crippen molar-refractivity contribution in [3.8, 4) is 0 Å². The molecule has 0 aliphatic carbocycles. The Morgan fingerprint density at radius 1 is 1.33 bits per heavy atom. The minimum absolute atomic E-state index is 0.0683. The first-order valence-electron chi connectivity index (χ1n) is 6.19. The van der Waals surface area contributed by atoms with Gasteiger partial charge >= 0.3 is 0 Å². The molecule has 0 aliphatic heterocycles. The molecule has 2 rings (SSSR count). The van der Waals surface area contributed by atoms with Crippen LogP contribution in [0.1, 0.15) is 12.1 Å². The number of nitrogens with zero attached hydrogens (tertiary/aromatic N) is 2. The fraction of sp³-hybridized carbons (Fsp3) is 0.308. The number of rotatable bonds is 5. The van der Waals surface area contributed by atoms with Gasteiger partial charge in [0.1, 0.15) is 0 Å². The molecule has 0 bridgehead atoms. The summed E-state index contributed by atoms with van der Waals surface area (Å²) in [5.41, 5.74) is 0.799. The molecule has 6 nitrogen and oxygen atoms in total. The lowest BCUT2D eigenvalue weighted by atomic mass is 10.2. The number of sulfone groups is 1. The highest BCUT2D eigenvalue weighted by Gasteiger charge is 2.20. The lowest BCUT2D eigenvalue weighted by Gasteiger charge is -2.08. The molecule has 1 aromatic carbocycles. The molecule has 21 heavy (non-hydrogen) atoms. The Labute approximate surface area is 126 Å². The number of nitro benzene ring substituents is 1. The molecule has 0 aliphatic rings. The molecule has 8 heteroatoms. The minimum Gasteiger partial charge on any atom is -0.258 e. The first kappa shape index (κ1) is 15.7. The van der Waals surface area contributed by atoms with Crippen LogP contribution in [-0.4, -0.2) is 30.0 Å². The van der Waals surface area contributed by atoms with Crippen LogP contribution in [-0.2, 0) is 9.84 Å². The number of alkyl halides is 1. The maximum atomic E-state index is 12.4. The average molecular weight is 329 g/mol. The summed E-state index contributed by atoms with van der Waals surface area (Å²) in [6.07, 6.45) is 0.321. The van der Waals surface area contributed by atoms with Crippen molar-refractivity contribution in [3.05, 3.63) is 40.1 Å². The van der Waals surface area contributed by atoms with Gasteiger partial charge in [0.2, 0.25) is 0 Å². The van der Waals surface area contributed by atoms with Crippen molar-refractivity contribution in [2.45, 2.75) is 18.2 Å². The first-order chi connectivity index (χ1) is 9.85. The topological polar surface area (TPSA) is 90.2 Å². The molecular weight excluding hydrogens is 316 g/mol. The van der Waals surface area contributed by atoms with Crippen LogP contribution < -0.4 is 0 Å². The Balaban J connectivity index is 2.71. The van der Waals surface area contributed by atoms with E-state index in [1.165, 1.54) is 24.3 Å². The van der Waals surface area contributed by atoms with Gasteiger partial charge in [0, 0.05) is 29.1 Å². The van der Waals surface area contributed by atoms with Crippen molar-refractivity contribution in [3.63, 3.8) is 0 Å². The van der Waals surface area contributed by atoms with E-state index in [1.807, 2.05) is 0 Å². The van der Waals surface area contributed by atoms with Crippen LogP contribution in [0, 0.1) is 17.0 Å². The highest BCUT2D eigenvalue weighted by atomic mass is 35.5. The zero-order chi connectivity index (χ0) is 15.6. The van der Waals surface area contributed by atoms with Crippen LogP contribution in [0.25, 0.3) is 10.9 Å². The predicted octanol–water partition coefficient (Wildman–Crippen LogP) is 2.85. The van der Waals surface area contributed by atoms with Gasteiger partial charge in [-0.3, -0.25) is 15.1 Å². The van der Waals surface area contributed by atoms with E-state index in [0.29, 0.717) is 17.6 Å². The molecule has 0 fully saturated rings. The molecule has 1 aromatic heterocycles. The third kappa shape index (κ3) is 3.30. The molecule has 1 heterocycles. The summed E-state index contributed by atoms with van der Waals surface area (Å²) in [7, 11) is -3.56. The van der Waals surface area contributed by atoms with Gasteiger partial charge in [-0.1, -0.05) is 0 Å². The predicted molar refractivity (Wildman–Crippen MR) is 80.5 cm³/mol. The monoisotopic (exact) mass is 328 g/mol. The van der Waals surface area contributed by atoms with E-state index >= 15 is 0 Å². The third-order valence-corrected chi connectivity index (χ3v) is 5.08. The van der Waals surface area contributed by atoms with E-state index in [4.69, 9.17) is 11.6 Å². The summed E-state index contributed by atoms with van der Waals surface area (Å²) in [4.78, 5) is 14.6. The number of fused-ring (bicyclic) bond motifs is 1. The second kappa shape index (κ2) is 5.95. The number of aromatic nitrogens is 1. The smallest absolute Gasteiger partial charge is 0.258 e. The highest BCUT2D eigenvalue weighted by molar-refractivity contribution is 7.91. The second-order valence-electron chi connectivity index (χ2n) is 4.58. The van der Waals surface area contributed by atoms with Crippen molar-refractivity contribution >= 4 is 38.0 Å². The lowest BCUT2D eigenvalue weighted by molar-refractivity contribution is -0.384. The van der Waals surface area contributed by atoms with E-state index in [2.05, 4.69) is 4.98 Å². The summed E-state index contributed by atoms with van der Waals surface area (Å²) >= 11 is 5.55. The zero-order valence-electron chi connectivity index (χ0n) is 11.2. The van der Waals surface area contributed by atoms with Gasteiger partial charge in [0.15, 0.2) is 9.84 Å². The molecule has 0 atom stereocenters. The summed E-state index contributed by atoms with van der Waals surface area (Å²) in [6.45, 7) is 1.68. The van der Waals surface area contributed by atoms with E-state index in [0.717, 1.165) is 0 Å². The number of halogens is 1. The van der Waals surface area contributed by atoms with Gasteiger partial charge in [-0.05, 0) is 25.5 Å². The minimum atomic E-state index is -3.56. The van der Waals surface area contributed by atoms with Gasteiger partial charge in [0.05, 0.1) is 21.1 Å². The largest absolute Gasteiger partial charge is 0.270 e. The normalized spacial score (nSPS) is 11.7. The molecular formula is C13H13ClN2O4S. The van der Waals surface area contributed by atoms with Crippen LogP contribution in [0.4, 0.5) is 5.69 Å². The Morgan fingerprint density at radius 3 is 2.67 bits per heavy atom. The van der Waals surface area contributed by atoms with E-state index in [1.54, 1.807) is 6.92 Å². The van der Waals surface area contributed by atoms with Crippen LogP contribution >= 0.6 is 11.6 Å². The Hall–Kier alpha value is -1.73. The molecule has 0 unspecified atom stereocenters. The average Bonchev–Trinajstić information content (AvgIpc) is 2.43. The van der Waals surface area contributed by atoms with Gasteiger partial charge in [-0.2, -0.15) is 0 Å². The van der Waals surface area contributed by atoms with Crippen molar-refractivity contribution in [1.29, 1.82) is 0 Å². The zero-order valence-corrected chi connectivity index (χ0v) is 12.8. The third-order valence-electron chi connectivity index (χ3n) is 2.97. The highest BCUT2D eigenvalue weighted by Crippen LogP contribution is 2.27. The number of hydrogen-bond donors (Lipinski definition) is 0. The molecule has 0 radical (unpaired) electrons. The number of aryl methyl sites for hydroxylation is 1. The number of nitro groups is 1. The maximum Gasteiger partial charge on any atom is 0.270 e. The Bertz CT molecular complexity index is 805. The maximum absolute atomic E-state index is 12.4. The number of hydrogen-bond acceptors (Lipinski definition) is 5. The molecule has 0 saturated carbocycles. The van der Waals surface area contributed by atoms with E-state index < -0.39 is 14.8 Å². The van der Waals surface area contributed by atoms with Crippen LogP contribution in [0.3, 0.4) is 0 Å². The first-order valence-corrected chi connectivity index (χ1v) is 8.38. The fourth-order valence-electron chi connectivity index (χ4n) is 2.03. The standard InChI is InChI=1S/C13H13ClN2O4S/c1-9-7-13(21(19,20)6-2-5-14)11-8-10(16(17)18)3-4-12(11)15-9/h3-4,7-8H,2,5-6H2,1H3. The Morgan fingerprint density at radius 2 is 2.05 bits per heavy atom. The van der Waals surface area contributed by atoms with Crippen LogP contribution in [0.5, 0.6) is 0 Å². The quantitative estimate of drug-likeness (QED) is 0.478. The molecule has 0 saturated heterocycles. The molecule has 2 aromatic rings. The van der Waals surface area contributed by atoms with E-state index in [-0.39, 0.29) is 27.6 Å². The number of non-ortho nitro benzene ring substituents is 1. The lowest BCUT2D eigenvalue weighted by Crippen LogP contribution is -2.09. The summed E-state index contributed by atoms with van der Waals surface area (Å²) < 4.78 is 24.8. The second-order valence-corrected chi connectivity index (χ2v) is 7.04. The van der Waals surface area contributed by atoms with Crippen molar-refractivity contribution in [2.75, 3.05) is 11.6 Å². The van der Waals surface area contributed by atoms with Crippen LogP contribution in [0.15, 0.2) is 29.2 Å². The van der Waals surface area contributed by atoms with Crippen molar-refractivity contribution < 1.29 is 13.3 Å². The Kier molecular flexibility index (Phi) is 4.43. The van der Waals surface area contributed by atoms with Crippen molar-refractivity contribution in [2.24, 2.45) is 0 Å². The SMILES string of the molecule is Cc1cc(S(=O)(=O)CCCCl)c2cc([N+](=O)[O-])ccc2n1.